The second-order valence-corrected chi connectivity index (χ2v) is 11.9. The molecule has 0 atom stereocenters. The summed E-state index contributed by atoms with van der Waals surface area (Å²) in [7, 11) is 2.85. The normalized spacial score (nSPS) is 12.9. The summed E-state index contributed by atoms with van der Waals surface area (Å²) in [6, 6.07) is 43.1. The Morgan fingerprint density at radius 2 is 0.867 bits per heavy atom. The number of methoxy groups -OCH3 is 2. The highest BCUT2D eigenvalue weighted by Crippen LogP contribution is 2.55. The summed E-state index contributed by atoms with van der Waals surface area (Å²) < 4.78 is 10.2. The van der Waals surface area contributed by atoms with Crippen molar-refractivity contribution in [2.75, 3.05) is 14.2 Å². The Labute approximate surface area is 263 Å². The van der Waals surface area contributed by atoms with Gasteiger partial charge >= 0.3 is 11.9 Å². The van der Waals surface area contributed by atoms with E-state index in [0.717, 1.165) is 44.5 Å². The van der Waals surface area contributed by atoms with E-state index in [-0.39, 0.29) is 24.8 Å². The average Bonchev–Trinajstić information content (AvgIpc) is 3.37. The number of hydrogen-bond acceptors (Lipinski definition) is 4. The van der Waals surface area contributed by atoms with E-state index >= 15 is 0 Å². The topological polar surface area (TPSA) is 52.6 Å². The molecule has 45 heavy (non-hydrogen) atoms. The molecule has 0 radical (unpaired) electrons. The third-order valence-corrected chi connectivity index (χ3v) is 9.49. The summed E-state index contributed by atoms with van der Waals surface area (Å²) in [6.07, 6.45) is 1.49. The van der Waals surface area contributed by atoms with E-state index in [1.54, 1.807) is 0 Å². The molecule has 6 aromatic rings. The van der Waals surface area contributed by atoms with Crippen LogP contribution in [0.2, 0.25) is 0 Å². The van der Waals surface area contributed by atoms with Crippen LogP contribution in [0, 0.1) is 0 Å². The van der Waals surface area contributed by atoms with Gasteiger partial charge in [0, 0.05) is 18.3 Å². The summed E-state index contributed by atoms with van der Waals surface area (Å²) in [5.41, 5.74) is 8.39. The first kappa shape index (κ1) is 28.5. The summed E-state index contributed by atoms with van der Waals surface area (Å²) in [5.74, 6) is -0.530. The molecule has 0 saturated carbocycles. The lowest BCUT2D eigenvalue weighted by Gasteiger charge is -2.32. The highest BCUT2D eigenvalue weighted by atomic mass is 16.5. The Morgan fingerprint density at radius 1 is 0.489 bits per heavy atom. The molecule has 0 N–H and O–H groups in total. The summed E-state index contributed by atoms with van der Waals surface area (Å²) in [4.78, 5) is 25.3. The number of ether oxygens (including phenoxy) is 2. The Balaban J connectivity index is 1.41. The number of rotatable bonds is 8. The molecule has 4 heteroatoms. The molecule has 1 aliphatic carbocycles. The van der Waals surface area contributed by atoms with Gasteiger partial charge in [0.2, 0.25) is 0 Å². The molecule has 222 valence electrons. The smallest absolute Gasteiger partial charge is 0.305 e. The minimum Gasteiger partial charge on any atom is -0.469 e. The van der Waals surface area contributed by atoms with Gasteiger partial charge in [0.05, 0.1) is 14.2 Å². The van der Waals surface area contributed by atoms with E-state index in [0.29, 0.717) is 12.8 Å². The van der Waals surface area contributed by atoms with Crippen molar-refractivity contribution in [3.8, 4) is 33.4 Å². The van der Waals surface area contributed by atoms with Gasteiger partial charge in [-0.05, 0) is 103 Å². The molecule has 0 spiro atoms. The van der Waals surface area contributed by atoms with Gasteiger partial charge in [-0.3, -0.25) is 9.59 Å². The number of esters is 2. The predicted molar refractivity (Wildman–Crippen MR) is 181 cm³/mol. The van der Waals surface area contributed by atoms with Crippen LogP contribution in [0.25, 0.3) is 54.9 Å². The van der Waals surface area contributed by atoms with E-state index in [2.05, 4.69) is 121 Å². The van der Waals surface area contributed by atoms with E-state index in [4.69, 9.17) is 9.47 Å². The molecule has 0 aliphatic heterocycles. The van der Waals surface area contributed by atoms with Crippen molar-refractivity contribution in [3.05, 3.63) is 132 Å². The number of fused-ring (bicyclic) bond motifs is 5. The number of carbonyl (C=O) groups excluding carboxylic acids is 2. The highest BCUT2D eigenvalue weighted by Gasteiger charge is 2.44. The lowest BCUT2D eigenvalue weighted by atomic mass is 9.70. The van der Waals surface area contributed by atoms with Gasteiger partial charge < -0.3 is 9.47 Å². The van der Waals surface area contributed by atoms with Crippen molar-refractivity contribution in [1.29, 1.82) is 0 Å². The standard InChI is InChI=1S/C41H34O4/c1-44-39(42)19-21-41(22-20-40(43)45-2)37-25-33(31-13-11-27-7-3-5-9-29(27)23-31)15-17-35(37)36-18-16-34(26-38(36)41)32-14-12-28-8-4-6-10-30(28)24-32/h3-18,23-26H,19-22H2,1-2H3. The Bertz CT molecular complexity index is 1940. The zero-order valence-corrected chi connectivity index (χ0v) is 25.5. The molecule has 0 unspecified atom stereocenters. The fourth-order valence-electron chi connectivity index (χ4n) is 7.09. The zero-order chi connectivity index (χ0) is 31.0. The van der Waals surface area contributed by atoms with Crippen molar-refractivity contribution in [2.24, 2.45) is 0 Å². The maximum Gasteiger partial charge on any atom is 0.305 e. The second-order valence-electron chi connectivity index (χ2n) is 11.9. The molecule has 0 fully saturated rings. The van der Waals surface area contributed by atoms with Crippen molar-refractivity contribution in [1.82, 2.24) is 0 Å². The Hall–Kier alpha value is -5.22. The van der Waals surface area contributed by atoms with Gasteiger partial charge in [0.15, 0.2) is 0 Å². The first-order valence-electron chi connectivity index (χ1n) is 15.4. The van der Waals surface area contributed by atoms with Gasteiger partial charge in [0.25, 0.3) is 0 Å². The van der Waals surface area contributed by atoms with Gasteiger partial charge in [-0.1, -0.05) is 97.1 Å². The van der Waals surface area contributed by atoms with Crippen LogP contribution in [0.1, 0.15) is 36.8 Å². The third kappa shape index (κ3) is 5.17. The van der Waals surface area contributed by atoms with Crippen LogP contribution in [0.15, 0.2) is 121 Å². The number of hydrogen-bond donors (Lipinski definition) is 0. The maximum absolute atomic E-state index is 12.6. The van der Waals surface area contributed by atoms with E-state index in [9.17, 15) is 9.59 Å². The third-order valence-electron chi connectivity index (χ3n) is 9.49. The van der Waals surface area contributed by atoms with Crippen molar-refractivity contribution in [3.63, 3.8) is 0 Å². The molecular formula is C41H34O4. The molecule has 7 rings (SSSR count). The summed E-state index contributed by atoms with van der Waals surface area (Å²) in [5, 5.41) is 4.76. The number of benzene rings is 6. The van der Waals surface area contributed by atoms with Crippen molar-refractivity contribution in [2.45, 2.75) is 31.1 Å². The van der Waals surface area contributed by atoms with E-state index < -0.39 is 5.41 Å². The van der Waals surface area contributed by atoms with Crippen LogP contribution < -0.4 is 0 Å². The van der Waals surface area contributed by atoms with Crippen LogP contribution in [0.4, 0.5) is 0 Å². The monoisotopic (exact) mass is 590 g/mol. The fourth-order valence-corrected chi connectivity index (χ4v) is 7.09. The lowest BCUT2D eigenvalue weighted by Crippen LogP contribution is -2.28. The minimum atomic E-state index is -0.591. The fraction of sp³-hybridized carbons (Fsp3) is 0.171. The lowest BCUT2D eigenvalue weighted by molar-refractivity contribution is -0.141. The maximum atomic E-state index is 12.6. The summed E-state index contributed by atoms with van der Waals surface area (Å²) >= 11 is 0. The highest BCUT2D eigenvalue weighted by molar-refractivity contribution is 5.92. The van der Waals surface area contributed by atoms with Crippen LogP contribution in [0.3, 0.4) is 0 Å². The minimum absolute atomic E-state index is 0.233. The first-order chi connectivity index (χ1) is 22.0. The summed E-state index contributed by atoms with van der Waals surface area (Å²) in [6.45, 7) is 0. The predicted octanol–water partition coefficient (Wildman–Crippen LogP) is 9.50. The van der Waals surface area contributed by atoms with Crippen LogP contribution >= 0.6 is 0 Å². The molecule has 0 amide bonds. The average molecular weight is 591 g/mol. The molecule has 1 aliphatic rings. The van der Waals surface area contributed by atoms with Crippen LogP contribution in [0.5, 0.6) is 0 Å². The van der Waals surface area contributed by atoms with Crippen molar-refractivity contribution >= 4 is 33.5 Å². The quantitative estimate of drug-likeness (QED) is 0.166. The zero-order valence-electron chi connectivity index (χ0n) is 25.5. The SMILES string of the molecule is COC(=O)CCC1(CCC(=O)OC)c2cc(-c3ccc4ccccc4c3)ccc2-c2ccc(-c3ccc4ccccc4c3)cc21. The molecule has 6 aromatic carbocycles. The van der Waals surface area contributed by atoms with Gasteiger partial charge in [-0.2, -0.15) is 0 Å². The van der Waals surface area contributed by atoms with Crippen LogP contribution in [-0.4, -0.2) is 26.2 Å². The van der Waals surface area contributed by atoms with E-state index in [1.807, 2.05) is 0 Å². The van der Waals surface area contributed by atoms with Gasteiger partial charge in [0.1, 0.15) is 0 Å². The molecule has 0 aromatic heterocycles. The molecule has 4 nitrogen and oxygen atoms in total. The Kier molecular flexibility index (Phi) is 7.42. The second kappa shape index (κ2) is 11.7. The number of carbonyl (C=O) groups is 2. The molecule has 0 saturated heterocycles. The van der Waals surface area contributed by atoms with Gasteiger partial charge in [-0.15, -0.1) is 0 Å². The Morgan fingerprint density at radius 3 is 1.29 bits per heavy atom. The largest absolute Gasteiger partial charge is 0.469 e. The first-order valence-corrected chi connectivity index (χ1v) is 15.4. The van der Waals surface area contributed by atoms with E-state index in [1.165, 1.54) is 35.8 Å². The van der Waals surface area contributed by atoms with Gasteiger partial charge in [-0.25, -0.2) is 0 Å². The molecule has 0 bridgehead atoms. The van der Waals surface area contributed by atoms with Crippen LogP contribution in [-0.2, 0) is 24.5 Å². The molecule has 0 heterocycles. The molecular weight excluding hydrogens is 556 g/mol. The van der Waals surface area contributed by atoms with Crippen molar-refractivity contribution < 1.29 is 19.1 Å².